The van der Waals surface area contributed by atoms with E-state index in [1.165, 1.54) is 18.4 Å². The molecule has 1 fully saturated rings. The molecule has 1 aliphatic heterocycles. The lowest BCUT2D eigenvalue weighted by Gasteiger charge is -2.38. The summed E-state index contributed by atoms with van der Waals surface area (Å²) >= 11 is 0. The maximum Gasteiger partial charge on any atom is 0.294 e. The number of hydrogen-bond acceptors (Lipinski definition) is 7. The molecule has 1 aliphatic rings. The summed E-state index contributed by atoms with van der Waals surface area (Å²) in [6, 6.07) is 15.4. The molecule has 0 atom stereocenters. The molecule has 9 heteroatoms. The first-order chi connectivity index (χ1) is 16.5. The molecule has 2 heterocycles. The highest BCUT2D eigenvalue weighted by Gasteiger charge is 2.31. The minimum absolute atomic E-state index is 0.0242. The first-order valence-corrected chi connectivity index (χ1v) is 11.0. The highest BCUT2D eigenvalue weighted by Crippen LogP contribution is 2.34. The Labute approximate surface area is 197 Å². The number of likely N-dealkylation sites (tertiary alicyclic amines) is 1. The van der Waals surface area contributed by atoms with Crippen molar-refractivity contribution in [3.63, 3.8) is 0 Å². The van der Waals surface area contributed by atoms with Crippen LogP contribution in [0.15, 0.2) is 65.3 Å². The summed E-state index contributed by atoms with van der Waals surface area (Å²) in [6.07, 6.45) is 3.04. The van der Waals surface area contributed by atoms with E-state index in [1.54, 1.807) is 49.5 Å². The number of rotatable bonds is 8. The average Bonchev–Trinajstić information content (AvgIpc) is 3.40. The van der Waals surface area contributed by atoms with E-state index in [4.69, 9.17) is 13.9 Å². The van der Waals surface area contributed by atoms with Crippen LogP contribution >= 0.6 is 0 Å². The molecule has 0 N–H and O–H groups in total. The van der Waals surface area contributed by atoms with Crippen LogP contribution in [0.3, 0.4) is 0 Å². The molecule has 1 amide bonds. The summed E-state index contributed by atoms with van der Waals surface area (Å²) in [5.41, 5.74) is 1.82. The van der Waals surface area contributed by atoms with Gasteiger partial charge in [-0.2, -0.15) is 0 Å². The third-order valence-electron chi connectivity index (χ3n) is 6.07. The van der Waals surface area contributed by atoms with Crippen LogP contribution in [-0.4, -0.2) is 49.1 Å². The van der Waals surface area contributed by atoms with Crippen molar-refractivity contribution in [3.8, 4) is 11.5 Å². The van der Waals surface area contributed by atoms with Gasteiger partial charge in [0.2, 0.25) is 0 Å². The summed E-state index contributed by atoms with van der Waals surface area (Å²) in [7, 11) is 3.14. The third kappa shape index (κ3) is 5.04. The maximum atomic E-state index is 13.4. The summed E-state index contributed by atoms with van der Waals surface area (Å²) < 4.78 is 16.2. The molecule has 0 spiro atoms. The summed E-state index contributed by atoms with van der Waals surface area (Å²) in [4.78, 5) is 28.0. The van der Waals surface area contributed by atoms with Crippen LogP contribution in [0.1, 0.15) is 29.0 Å². The minimum atomic E-state index is -0.395. The van der Waals surface area contributed by atoms with E-state index in [9.17, 15) is 14.9 Å². The largest absolute Gasteiger partial charge is 0.493 e. The van der Waals surface area contributed by atoms with Gasteiger partial charge >= 0.3 is 0 Å². The first-order valence-electron chi connectivity index (χ1n) is 11.0. The number of benzene rings is 2. The van der Waals surface area contributed by atoms with Crippen LogP contribution in [-0.2, 0) is 6.54 Å². The molecule has 2 aromatic carbocycles. The second kappa shape index (κ2) is 10.4. The van der Waals surface area contributed by atoms with Gasteiger partial charge in [0, 0.05) is 49.6 Å². The van der Waals surface area contributed by atoms with E-state index in [0.717, 1.165) is 31.5 Å². The van der Waals surface area contributed by atoms with Crippen molar-refractivity contribution in [2.24, 2.45) is 0 Å². The Morgan fingerprint density at radius 2 is 1.79 bits per heavy atom. The lowest BCUT2D eigenvalue weighted by atomic mass is 10.0. The fourth-order valence-corrected chi connectivity index (χ4v) is 4.30. The quantitative estimate of drug-likeness (QED) is 0.356. The Morgan fingerprint density at radius 1 is 1.09 bits per heavy atom. The van der Waals surface area contributed by atoms with E-state index >= 15 is 0 Å². The molecular formula is C25H27N3O6. The zero-order valence-corrected chi connectivity index (χ0v) is 19.2. The molecule has 178 valence electrons. The molecule has 1 saturated heterocycles. The fourth-order valence-electron chi connectivity index (χ4n) is 4.30. The minimum Gasteiger partial charge on any atom is -0.493 e. The van der Waals surface area contributed by atoms with Crippen LogP contribution in [0.2, 0.25) is 0 Å². The van der Waals surface area contributed by atoms with Crippen molar-refractivity contribution < 1.29 is 23.6 Å². The number of anilines is 1. The number of ether oxygens (including phenoxy) is 2. The van der Waals surface area contributed by atoms with Crippen molar-refractivity contribution in [2.75, 3.05) is 32.2 Å². The van der Waals surface area contributed by atoms with Gasteiger partial charge in [0.05, 0.1) is 25.4 Å². The van der Waals surface area contributed by atoms with Gasteiger partial charge in [-0.05, 0) is 42.7 Å². The smallest absolute Gasteiger partial charge is 0.294 e. The van der Waals surface area contributed by atoms with Crippen molar-refractivity contribution in [3.05, 3.63) is 82.3 Å². The van der Waals surface area contributed by atoms with Crippen LogP contribution in [0.5, 0.6) is 11.5 Å². The molecular weight excluding hydrogens is 438 g/mol. The second-order valence-electron chi connectivity index (χ2n) is 8.12. The van der Waals surface area contributed by atoms with E-state index in [1.807, 2.05) is 12.1 Å². The van der Waals surface area contributed by atoms with Gasteiger partial charge in [0.15, 0.2) is 17.3 Å². The number of hydrogen-bond donors (Lipinski definition) is 0. The summed E-state index contributed by atoms with van der Waals surface area (Å²) in [5.74, 6) is 1.22. The van der Waals surface area contributed by atoms with Crippen molar-refractivity contribution >= 4 is 17.3 Å². The molecule has 0 bridgehead atoms. The molecule has 4 rings (SSSR count). The van der Waals surface area contributed by atoms with Gasteiger partial charge in [0.25, 0.3) is 11.6 Å². The number of amides is 1. The van der Waals surface area contributed by atoms with Crippen LogP contribution in [0, 0.1) is 10.1 Å². The molecule has 3 aromatic rings. The number of methoxy groups -OCH3 is 2. The Morgan fingerprint density at radius 3 is 2.38 bits per heavy atom. The number of nitrogens with zero attached hydrogens (tertiary/aromatic N) is 3. The number of nitro benzene ring substituents is 1. The van der Waals surface area contributed by atoms with Gasteiger partial charge in [-0.25, -0.2) is 0 Å². The van der Waals surface area contributed by atoms with Crippen molar-refractivity contribution in [1.29, 1.82) is 0 Å². The van der Waals surface area contributed by atoms with Gasteiger partial charge in [-0.1, -0.05) is 12.1 Å². The molecule has 9 nitrogen and oxygen atoms in total. The predicted octanol–water partition coefficient (Wildman–Crippen LogP) is 4.52. The number of carbonyl (C=O) groups excluding carboxylic acids is 1. The van der Waals surface area contributed by atoms with E-state index in [0.29, 0.717) is 23.7 Å². The number of furan rings is 1. The zero-order chi connectivity index (χ0) is 24.1. The van der Waals surface area contributed by atoms with Crippen molar-refractivity contribution in [2.45, 2.75) is 25.4 Å². The van der Waals surface area contributed by atoms with E-state index in [-0.39, 0.29) is 23.4 Å². The molecule has 0 unspecified atom stereocenters. The molecule has 0 saturated carbocycles. The molecule has 0 radical (unpaired) electrons. The van der Waals surface area contributed by atoms with Crippen LogP contribution < -0.4 is 14.4 Å². The highest BCUT2D eigenvalue weighted by molar-refractivity contribution is 6.04. The third-order valence-corrected chi connectivity index (χ3v) is 6.07. The van der Waals surface area contributed by atoms with Crippen molar-refractivity contribution in [1.82, 2.24) is 4.90 Å². The maximum absolute atomic E-state index is 13.4. The van der Waals surface area contributed by atoms with Crippen LogP contribution in [0.25, 0.3) is 0 Å². The van der Waals surface area contributed by atoms with Gasteiger partial charge in [-0.3, -0.25) is 19.8 Å². The lowest BCUT2D eigenvalue weighted by molar-refractivity contribution is -0.384. The lowest BCUT2D eigenvalue weighted by Crippen LogP contribution is -2.47. The monoisotopic (exact) mass is 465 g/mol. The normalized spacial score (nSPS) is 14.5. The van der Waals surface area contributed by atoms with E-state index < -0.39 is 4.92 Å². The molecule has 1 aromatic heterocycles. The Kier molecular flexibility index (Phi) is 7.12. The summed E-state index contributed by atoms with van der Waals surface area (Å²) in [5, 5.41) is 10.9. The average molecular weight is 466 g/mol. The van der Waals surface area contributed by atoms with Gasteiger partial charge in [-0.15, -0.1) is 0 Å². The number of non-ortho nitro benzene ring substituents is 1. The highest BCUT2D eigenvalue weighted by atomic mass is 16.6. The standard InChI is InChI=1S/C25H27N3O6/c1-32-22-10-9-21(16-24(22)33-2)27(25(29)23-4-3-15-34-23)19-11-13-26(14-12-19)17-18-5-7-20(8-6-18)28(30)31/h3-10,15-16,19H,11-14,17H2,1-2H3. The number of carbonyl (C=O) groups is 1. The molecule has 0 aliphatic carbocycles. The Bertz CT molecular complexity index is 1120. The SMILES string of the molecule is COc1ccc(N(C(=O)c2ccco2)C2CCN(Cc3ccc([N+](=O)[O-])cc3)CC2)cc1OC. The van der Waals surface area contributed by atoms with Crippen LogP contribution in [0.4, 0.5) is 11.4 Å². The summed E-state index contributed by atoms with van der Waals surface area (Å²) in [6.45, 7) is 2.28. The van der Waals surface area contributed by atoms with E-state index in [2.05, 4.69) is 4.90 Å². The second-order valence-corrected chi connectivity index (χ2v) is 8.12. The Balaban J connectivity index is 1.50. The van der Waals surface area contributed by atoms with Gasteiger partial charge < -0.3 is 18.8 Å². The topological polar surface area (TPSA) is 98.3 Å². The predicted molar refractivity (Wildman–Crippen MR) is 126 cm³/mol. The fraction of sp³-hybridized carbons (Fsp3) is 0.320. The van der Waals surface area contributed by atoms with Gasteiger partial charge in [0.1, 0.15) is 0 Å². The number of nitro groups is 1. The zero-order valence-electron chi connectivity index (χ0n) is 19.2. The Hall–Kier alpha value is -3.85. The first kappa shape index (κ1) is 23.3. The number of piperidine rings is 1. The molecule has 34 heavy (non-hydrogen) atoms.